The van der Waals surface area contributed by atoms with Crippen LogP contribution in [0, 0.1) is 0 Å². The van der Waals surface area contributed by atoms with E-state index in [-0.39, 0.29) is 29.8 Å². The maximum Gasteiger partial charge on any atom is 0.293 e. The van der Waals surface area contributed by atoms with Crippen LogP contribution in [0.25, 0.3) is 11.3 Å². The summed E-state index contributed by atoms with van der Waals surface area (Å²) in [5.74, 6) is 0.655. The van der Waals surface area contributed by atoms with E-state index in [2.05, 4.69) is 29.4 Å². The van der Waals surface area contributed by atoms with Crippen LogP contribution in [0.15, 0.2) is 71.7 Å². The Morgan fingerprint density at radius 1 is 0.936 bits per heavy atom. The second kappa shape index (κ2) is 12.8. The Hall–Kier alpha value is -4.80. The number of nitrogens with zero attached hydrogens (tertiary/aromatic N) is 5. The minimum absolute atomic E-state index is 0.00187. The van der Waals surface area contributed by atoms with Crippen LogP contribution < -0.4 is 15.8 Å². The van der Waals surface area contributed by atoms with Crippen LogP contribution >= 0.6 is 0 Å². The predicted molar refractivity (Wildman–Crippen MR) is 182 cm³/mol. The van der Waals surface area contributed by atoms with Gasteiger partial charge in [-0.15, -0.1) is 0 Å². The van der Waals surface area contributed by atoms with Crippen LogP contribution in [0.1, 0.15) is 62.6 Å². The van der Waals surface area contributed by atoms with Crippen LogP contribution in [0.3, 0.4) is 0 Å². The van der Waals surface area contributed by atoms with Crippen molar-refractivity contribution in [3.8, 4) is 11.3 Å². The summed E-state index contributed by atoms with van der Waals surface area (Å²) in [6, 6.07) is 18.8. The van der Waals surface area contributed by atoms with Gasteiger partial charge in [0, 0.05) is 67.4 Å². The number of hydrogen-bond acceptors (Lipinski definition) is 7. The van der Waals surface area contributed by atoms with E-state index in [9.17, 15) is 19.5 Å². The zero-order chi connectivity index (χ0) is 32.7. The summed E-state index contributed by atoms with van der Waals surface area (Å²) in [6.07, 6.45) is 5.75. The van der Waals surface area contributed by atoms with E-state index in [0.717, 1.165) is 38.0 Å². The lowest BCUT2D eigenvalue weighted by atomic mass is 9.93. The number of aliphatic hydroxyl groups excluding tert-OH is 1. The van der Waals surface area contributed by atoms with Gasteiger partial charge in [0.05, 0.1) is 18.0 Å². The third kappa shape index (κ3) is 6.18. The van der Waals surface area contributed by atoms with Crippen LogP contribution in [-0.2, 0) is 20.1 Å². The number of anilines is 3. The van der Waals surface area contributed by atoms with Gasteiger partial charge in [-0.05, 0) is 92.7 Å². The first-order valence-electron chi connectivity index (χ1n) is 16.4. The molecule has 0 radical (unpaired) electrons. The van der Waals surface area contributed by atoms with E-state index >= 15 is 0 Å². The van der Waals surface area contributed by atoms with Gasteiger partial charge in [-0.3, -0.25) is 14.4 Å². The second-order valence-corrected chi connectivity index (χ2v) is 12.9. The molecule has 1 saturated heterocycles. The summed E-state index contributed by atoms with van der Waals surface area (Å²) in [7, 11) is 3.73. The molecule has 2 aliphatic heterocycles. The number of likely N-dealkylation sites (N-methyl/N-ethyl adjacent to an activating group) is 1. The molecule has 10 heteroatoms. The molecule has 47 heavy (non-hydrogen) atoms. The lowest BCUT2D eigenvalue weighted by Crippen LogP contribution is -2.38. The van der Waals surface area contributed by atoms with Crippen molar-refractivity contribution in [3.63, 3.8) is 0 Å². The number of aromatic nitrogens is 2. The van der Waals surface area contributed by atoms with Crippen LogP contribution in [0.2, 0.25) is 0 Å². The van der Waals surface area contributed by atoms with E-state index in [1.165, 1.54) is 23.0 Å². The summed E-state index contributed by atoms with van der Waals surface area (Å²) < 4.78 is 1.45. The van der Waals surface area contributed by atoms with Crippen LogP contribution in [0.4, 0.5) is 17.2 Å². The lowest BCUT2D eigenvalue weighted by molar-refractivity contribution is 0.0762. The Kier molecular flexibility index (Phi) is 8.38. The molecular weight excluding hydrogens is 592 g/mol. The molecule has 0 unspecified atom stereocenters. The molecule has 2 amide bonds. The van der Waals surface area contributed by atoms with Crippen molar-refractivity contribution in [2.45, 2.75) is 38.2 Å². The highest BCUT2D eigenvalue weighted by molar-refractivity contribution is 6.09. The Labute approximate surface area is 274 Å². The summed E-state index contributed by atoms with van der Waals surface area (Å²) in [5.41, 5.74) is 6.32. The Bertz CT molecular complexity index is 1900. The molecule has 3 aromatic carbocycles. The second-order valence-electron chi connectivity index (χ2n) is 12.9. The number of nitrogens with one attached hydrogen (secondary N) is 1. The Morgan fingerprint density at radius 3 is 2.51 bits per heavy atom. The number of amides is 2. The van der Waals surface area contributed by atoms with Gasteiger partial charge in [0.15, 0.2) is 5.82 Å². The number of aliphatic hydroxyl groups is 1. The molecule has 3 aliphatic rings. The molecule has 0 atom stereocenters. The summed E-state index contributed by atoms with van der Waals surface area (Å²) in [4.78, 5) is 50.6. The van der Waals surface area contributed by atoms with Gasteiger partial charge in [-0.2, -0.15) is 0 Å². The zero-order valence-electron chi connectivity index (χ0n) is 26.9. The van der Waals surface area contributed by atoms with Crippen molar-refractivity contribution in [1.29, 1.82) is 0 Å². The van der Waals surface area contributed by atoms with Crippen molar-refractivity contribution in [2.75, 3.05) is 50.0 Å². The highest BCUT2D eigenvalue weighted by atomic mass is 16.3. The van der Waals surface area contributed by atoms with Crippen molar-refractivity contribution < 1.29 is 14.7 Å². The van der Waals surface area contributed by atoms with Gasteiger partial charge in [0.1, 0.15) is 0 Å². The zero-order valence-corrected chi connectivity index (χ0v) is 26.9. The van der Waals surface area contributed by atoms with Gasteiger partial charge in [0.2, 0.25) is 0 Å². The molecule has 3 heterocycles. The summed E-state index contributed by atoms with van der Waals surface area (Å²) in [5, 5.41) is 13.7. The van der Waals surface area contributed by atoms with Crippen LogP contribution in [0.5, 0.6) is 0 Å². The molecule has 2 N–H and O–H groups in total. The van der Waals surface area contributed by atoms with Crippen molar-refractivity contribution in [1.82, 2.24) is 19.4 Å². The van der Waals surface area contributed by atoms with Crippen molar-refractivity contribution in [3.05, 3.63) is 105 Å². The van der Waals surface area contributed by atoms with Gasteiger partial charge in [-0.25, -0.2) is 4.98 Å². The molecule has 1 saturated carbocycles. The first kappa shape index (κ1) is 30.8. The fourth-order valence-electron chi connectivity index (χ4n) is 6.72. The third-order valence-electron chi connectivity index (χ3n) is 9.61. The highest BCUT2D eigenvalue weighted by Gasteiger charge is 2.30. The van der Waals surface area contributed by atoms with Gasteiger partial charge in [-0.1, -0.05) is 24.3 Å². The fraction of sp³-hybridized carbons (Fsp3) is 0.351. The molecular formula is C37H40N6O4. The first-order valence-corrected chi connectivity index (χ1v) is 16.4. The summed E-state index contributed by atoms with van der Waals surface area (Å²) >= 11 is 0. The molecule has 0 spiro atoms. The molecule has 2 fully saturated rings. The van der Waals surface area contributed by atoms with E-state index in [4.69, 9.17) is 4.98 Å². The third-order valence-corrected chi connectivity index (χ3v) is 9.61. The van der Waals surface area contributed by atoms with Gasteiger partial charge < -0.3 is 29.7 Å². The normalized spacial score (nSPS) is 17.0. The maximum atomic E-state index is 13.7. The number of rotatable bonds is 7. The standard InChI is InChI=1S/C37H40N6O4/c1-40-16-4-17-42(20-19-40)35(45)25-9-12-28(13-10-25)38-34-37(47)41(2)22-32(39-34)30-5-3-6-33(31(30)23-44)43-18-15-27-21-26(24-7-8-24)11-14-29(27)36(43)46/h3,5-6,9-14,21-22,24,44H,4,7-8,15-20,23H2,1-2H3,(H,38,39). The SMILES string of the molecule is CN1CCCN(C(=O)c2ccc(Nc3nc(-c4cccc(N5CCc6cc(C7CC7)ccc6C5=O)c4CO)cn(C)c3=O)cc2)CC1. The summed E-state index contributed by atoms with van der Waals surface area (Å²) in [6.45, 7) is 3.45. The van der Waals surface area contributed by atoms with Crippen LogP contribution in [-0.4, -0.2) is 76.0 Å². The smallest absolute Gasteiger partial charge is 0.293 e. The fourth-order valence-corrected chi connectivity index (χ4v) is 6.72. The number of hydrogen-bond donors (Lipinski definition) is 2. The minimum atomic E-state index is -0.322. The van der Waals surface area contributed by atoms with Crippen molar-refractivity contribution in [2.24, 2.45) is 7.05 Å². The number of carbonyl (C=O) groups is 2. The molecule has 1 aliphatic carbocycles. The van der Waals surface area contributed by atoms with E-state index in [1.807, 2.05) is 29.2 Å². The minimum Gasteiger partial charge on any atom is -0.392 e. The highest BCUT2D eigenvalue weighted by Crippen LogP contribution is 2.41. The molecule has 7 rings (SSSR count). The number of carbonyl (C=O) groups excluding carboxylic acids is 2. The van der Waals surface area contributed by atoms with E-state index < -0.39 is 0 Å². The molecule has 242 valence electrons. The lowest BCUT2D eigenvalue weighted by Gasteiger charge is -2.31. The van der Waals surface area contributed by atoms with Gasteiger partial charge in [0.25, 0.3) is 17.4 Å². The quantitative estimate of drug-likeness (QED) is 0.308. The molecule has 1 aromatic heterocycles. The van der Waals surface area contributed by atoms with Crippen molar-refractivity contribution >= 4 is 29.0 Å². The maximum absolute atomic E-state index is 13.7. The molecule has 4 aromatic rings. The van der Waals surface area contributed by atoms with E-state index in [0.29, 0.717) is 58.3 Å². The first-order chi connectivity index (χ1) is 22.8. The number of benzene rings is 3. The average molecular weight is 633 g/mol. The van der Waals surface area contributed by atoms with Gasteiger partial charge >= 0.3 is 0 Å². The van der Waals surface area contributed by atoms with E-state index in [1.54, 1.807) is 42.4 Å². The number of aryl methyl sites for hydroxylation is 1. The monoisotopic (exact) mass is 632 g/mol. The Morgan fingerprint density at radius 2 is 1.74 bits per heavy atom. The number of fused-ring (bicyclic) bond motifs is 1. The Balaban J connectivity index is 1.14. The largest absolute Gasteiger partial charge is 0.392 e. The average Bonchev–Trinajstić information content (AvgIpc) is 3.95. The topological polar surface area (TPSA) is 111 Å². The molecule has 10 nitrogen and oxygen atoms in total. The molecule has 0 bridgehead atoms. The predicted octanol–water partition coefficient (Wildman–Crippen LogP) is 4.54.